The molecule has 1 rings (SSSR count). The van der Waals surface area contributed by atoms with Gasteiger partial charge in [0.15, 0.2) is 0 Å². The molecule has 17 heavy (non-hydrogen) atoms. The van der Waals surface area contributed by atoms with Gasteiger partial charge in [-0.05, 0) is 23.8 Å². The van der Waals surface area contributed by atoms with Crippen molar-refractivity contribution in [3.8, 4) is 0 Å². The third-order valence-corrected chi connectivity index (χ3v) is 3.43. The van der Waals surface area contributed by atoms with Crippen molar-refractivity contribution in [3.05, 3.63) is 35.9 Å². The van der Waals surface area contributed by atoms with Crippen LogP contribution < -0.4 is 5.73 Å². The van der Waals surface area contributed by atoms with E-state index in [1.165, 1.54) is 0 Å². The minimum absolute atomic E-state index is 0.115. The molecule has 1 atom stereocenters. The largest absolute Gasteiger partial charge is 0.395 e. The van der Waals surface area contributed by atoms with Crippen molar-refractivity contribution in [2.75, 3.05) is 13.2 Å². The van der Waals surface area contributed by atoms with E-state index in [2.05, 4.69) is 32.9 Å². The molecule has 0 aromatic heterocycles. The fraction of sp³-hybridized carbons (Fsp3) is 0.600. The van der Waals surface area contributed by atoms with Crippen molar-refractivity contribution < 1.29 is 5.11 Å². The molecule has 0 amide bonds. The molecule has 0 radical (unpaired) electrons. The monoisotopic (exact) mass is 235 g/mol. The topological polar surface area (TPSA) is 46.2 Å². The molecule has 0 fully saturated rings. The second-order valence-electron chi connectivity index (χ2n) is 6.07. The smallest absolute Gasteiger partial charge is 0.0540 e. The van der Waals surface area contributed by atoms with E-state index in [1.54, 1.807) is 0 Å². The number of hydrogen-bond acceptors (Lipinski definition) is 2. The Hall–Kier alpha value is -0.860. The average Bonchev–Trinajstić information content (AvgIpc) is 2.31. The summed E-state index contributed by atoms with van der Waals surface area (Å²) in [5.74, 6) is 0. The maximum Gasteiger partial charge on any atom is 0.0540 e. The van der Waals surface area contributed by atoms with E-state index >= 15 is 0 Å². The van der Waals surface area contributed by atoms with Crippen LogP contribution in [0, 0.1) is 5.41 Å². The van der Waals surface area contributed by atoms with Crippen LogP contribution in [-0.4, -0.2) is 18.3 Å². The minimum atomic E-state index is -0.283. The Kier molecular flexibility index (Phi) is 4.72. The molecule has 1 aromatic rings. The number of rotatable bonds is 5. The summed E-state index contributed by atoms with van der Waals surface area (Å²) in [5, 5.41) is 9.75. The molecule has 0 aliphatic carbocycles. The summed E-state index contributed by atoms with van der Waals surface area (Å²) in [4.78, 5) is 0. The molecule has 0 bridgehead atoms. The number of hydrogen-bond donors (Lipinski definition) is 2. The van der Waals surface area contributed by atoms with Crippen molar-refractivity contribution in [3.63, 3.8) is 0 Å². The molecule has 0 saturated heterocycles. The normalized spacial score (nSPS) is 15.6. The Labute approximate surface area is 105 Å². The highest BCUT2D eigenvalue weighted by Crippen LogP contribution is 2.33. The lowest BCUT2D eigenvalue weighted by molar-refractivity contribution is 0.171. The molecule has 1 unspecified atom stereocenters. The van der Waals surface area contributed by atoms with Gasteiger partial charge in [0.25, 0.3) is 0 Å². The lowest BCUT2D eigenvalue weighted by Crippen LogP contribution is -2.39. The highest BCUT2D eigenvalue weighted by molar-refractivity contribution is 5.26. The zero-order chi connectivity index (χ0) is 12.9. The van der Waals surface area contributed by atoms with Gasteiger partial charge in [-0.1, -0.05) is 51.1 Å². The third-order valence-electron chi connectivity index (χ3n) is 3.43. The molecule has 2 heteroatoms. The molecule has 3 N–H and O–H groups in total. The average molecular weight is 235 g/mol. The minimum Gasteiger partial charge on any atom is -0.395 e. The Morgan fingerprint density at radius 1 is 1.06 bits per heavy atom. The van der Waals surface area contributed by atoms with Crippen molar-refractivity contribution >= 4 is 0 Å². The highest BCUT2D eigenvalue weighted by Gasteiger charge is 2.31. The molecule has 0 aliphatic heterocycles. The molecular formula is C15H25NO. The first kappa shape index (κ1) is 14.2. The van der Waals surface area contributed by atoms with Gasteiger partial charge >= 0.3 is 0 Å². The summed E-state index contributed by atoms with van der Waals surface area (Å²) in [6.07, 6.45) is 1.98. The lowest BCUT2D eigenvalue weighted by atomic mass is 9.73. The standard InChI is InChI=1S/C15H25NO/c1-14(2,3)9-10-15(11-16,12-17)13-7-5-4-6-8-13/h4-8,17H,9-12,16H2,1-3H3. The maximum atomic E-state index is 9.75. The van der Waals surface area contributed by atoms with Crippen LogP contribution in [0.2, 0.25) is 0 Å². The number of nitrogens with two attached hydrogens (primary N) is 1. The fourth-order valence-electron chi connectivity index (χ4n) is 2.01. The quantitative estimate of drug-likeness (QED) is 0.824. The number of aliphatic hydroxyl groups excluding tert-OH is 1. The van der Waals surface area contributed by atoms with E-state index in [4.69, 9.17) is 5.73 Å². The van der Waals surface area contributed by atoms with Crippen LogP contribution in [-0.2, 0) is 5.41 Å². The van der Waals surface area contributed by atoms with Gasteiger partial charge < -0.3 is 10.8 Å². The third kappa shape index (κ3) is 3.83. The molecule has 0 heterocycles. The van der Waals surface area contributed by atoms with E-state index < -0.39 is 0 Å². The van der Waals surface area contributed by atoms with Gasteiger partial charge in [0.05, 0.1) is 6.61 Å². The van der Waals surface area contributed by atoms with E-state index in [0.717, 1.165) is 18.4 Å². The highest BCUT2D eigenvalue weighted by atomic mass is 16.3. The Morgan fingerprint density at radius 2 is 1.65 bits per heavy atom. The van der Waals surface area contributed by atoms with Crippen molar-refractivity contribution in [2.24, 2.45) is 11.1 Å². The molecule has 0 spiro atoms. The second kappa shape index (κ2) is 5.65. The molecule has 96 valence electrons. The van der Waals surface area contributed by atoms with Crippen molar-refractivity contribution in [1.29, 1.82) is 0 Å². The maximum absolute atomic E-state index is 9.75. The zero-order valence-electron chi connectivity index (χ0n) is 11.2. The summed E-state index contributed by atoms with van der Waals surface area (Å²) in [6.45, 7) is 7.26. The van der Waals surface area contributed by atoms with Crippen molar-refractivity contribution in [2.45, 2.75) is 39.0 Å². The molecule has 0 saturated carbocycles. The van der Waals surface area contributed by atoms with Gasteiger partial charge in [-0.2, -0.15) is 0 Å². The summed E-state index contributed by atoms with van der Waals surface area (Å²) >= 11 is 0. The van der Waals surface area contributed by atoms with Crippen LogP contribution in [0.25, 0.3) is 0 Å². The summed E-state index contributed by atoms with van der Waals surface area (Å²) in [7, 11) is 0. The molecule has 1 aromatic carbocycles. The molecule has 0 aliphatic rings. The fourth-order valence-corrected chi connectivity index (χ4v) is 2.01. The van der Waals surface area contributed by atoms with Gasteiger partial charge in [0, 0.05) is 12.0 Å². The van der Waals surface area contributed by atoms with Gasteiger partial charge in [-0.3, -0.25) is 0 Å². The van der Waals surface area contributed by atoms with Crippen LogP contribution in [0.5, 0.6) is 0 Å². The number of aliphatic hydroxyl groups is 1. The van der Waals surface area contributed by atoms with Crippen LogP contribution in [0.15, 0.2) is 30.3 Å². The van der Waals surface area contributed by atoms with Crippen molar-refractivity contribution in [1.82, 2.24) is 0 Å². The second-order valence-corrected chi connectivity index (χ2v) is 6.07. The zero-order valence-corrected chi connectivity index (χ0v) is 11.2. The summed E-state index contributed by atoms with van der Waals surface area (Å²) < 4.78 is 0. The Bertz CT molecular complexity index is 323. The predicted molar refractivity (Wildman–Crippen MR) is 72.9 cm³/mol. The first-order chi connectivity index (χ1) is 7.93. The van der Waals surface area contributed by atoms with E-state index in [9.17, 15) is 5.11 Å². The van der Waals surface area contributed by atoms with E-state index in [-0.39, 0.29) is 17.4 Å². The first-order valence-electron chi connectivity index (χ1n) is 6.30. The molecule has 2 nitrogen and oxygen atoms in total. The van der Waals surface area contributed by atoms with E-state index in [1.807, 2.05) is 18.2 Å². The summed E-state index contributed by atoms with van der Waals surface area (Å²) in [6, 6.07) is 10.1. The molecular weight excluding hydrogens is 210 g/mol. The first-order valence-corrected chi connectivity index (χ1v) is 6.30. The SMILES string of the molecule is CC(C)(C)CCC(CN)(CO)c1ccccc1. The summed E-state index contributed by atoms with van der Waals surface area (Å²) in [5.41, 5.74) is 7.05. The van der Waals surface area contributed by atoms with Gasteiger partial charge in [0.1, 0.15) is 0 Å². The van der Waals surface area contributed by atoms with Crippen LogP contribution in [0.1, 0.15) is 39.2 Å². The van der Waals surface area contributed by atoms with Gasteiger partial charge in [-0.25, -0.2) is 0 Å². The Morgan fingerprint density at radius 3 is 2.06 bits per heavy atom. The lowest BCUT2D eigenvalue weighted by Gasteiger charge is -2.34. The van der Waals surface area contributed by atoms with Crippen LogP contribution in [0.3, 0.4) is 0 Å². The van der Waals surface area contributed by atoms with Crippen LogP contribution >= 0.6 is 0 Å². The predicted octanol–water partition coefficient (Wildman–Crippen LogP) is 2.70. The number of benzene rings is 1. The van der Waals surface area contributed by atoms with Gasteiger partial charge in [-0.15, -0.1) is 0 Å². The van der Waals surface area contributed by atoms with Crippen LogP contribution in [0.4, 0.5) is 0 Å². The Balaban J connectivity index is 2.90. The van der Waals surface area contributed by atoms with Gasteiger partial charge in [0.2, 0.25) is 0 Å². The van der Waals surface area contributed by atoms with E-state index in [0.29, 0.717) is 6.54 Å².